The van der Waals surface area contributed by atoms with Gasteiger partial charge in [-0.1, -0.05) is 32.4 Å². The van der Waals surface area contributed by atoms with Gasteiger partial charge in [0.1, 0.15) is 5.75 Å². The van der Waals surface area contributed by atoms with E-state index < -0.39 is 0 Å². The summed E-state index contributed by atoms with van der Waals surface area (Å²) in [6, 6.07) is 8.93. The zero-order valence-corrected chi connectivity index (χ0v) is 12.2. The Hall–Kier alpha value is -1.02. The maximum Gasteiger partial charge on any atom is 0.120 e. The van der Waals surface area contributed by atoms with Crippen LogP contribution in [0.4, 0.5) is 0 Å². The molecule has 1 aromatic carbocycles. The number of hydrogen-bond acceptors (Lipinski definition) is 2. The van der Waals surface area contributed by atoms with Crippen molar-refractivity contribution in [2.75, 3.05) is 6.54 Å². The Balaban J connectivity index is 2.76. The van der Waals surface area contributed by atoms with Gasteiger partial charge in [-0.15, -0.1) is 0 Å². The number of ether oxygens (including phenoxy) is 1. The first kappa shape index (κ1) is 15.0. The zero-order valence-electron chi connectivity index (χ0n) is 12.2. The van der Waals surface area contributed by atoms with E-state index in [9.17, 15) is 0 Å². The SMILES string of the molecule is CCCNC(CCC)c1cccc(OC(C)C)c1. The maximum absolute atomic E-state index is 5.76. The van der Waals surface area contributed by atoms with Gasteiger partial charge in [-0.25, -0.2) is 0 Å². The van der Waals surface area contributed by atoms with E-state index in [0.717, 1.165) is 12.3 Å². The van der Waals surface area contributed by atoms with Crippen molar-refractivity contribution < 1.29 is 4.74 Å². The minimum absolute atomic E-state index is 0.230. The molecule has 0 aliphatic heterocycles. The van der Waals surface area contributed by atoms with Crippen LogP contribution in [0.15, 0.2) is 24.3 Å². The Labute approximate surface area is 112 Å². The third-order valence-corrected chi connectivity index (χ3v) is 2.85. The number of benzene rings is 1. The molecule has 0 saturated carbocycles. The summed E-state index contributed by atoms with van der Waals surface area (Å²) in [5.41, 5.74) is 1.34. The molecule has 2 heteroatoms. The minimum atomic E-state index is 0.230. The van der Waals surface area contributed by atoms with Gasteiger partial charge in [0.2, 0.25) is 0 Å². The highest BCUT2D eigenvalue weighted by molar-refractivity contribution is 5.30. The molecule has 0 aliphatic rings. The van der Waals surface area contributed by atoms with Crippen LogP contribution in [0, 0.1) is 0 Å². The van der Waals surface area contributed by atoms with E-state index in [1.54, 1.807) is 0 Å². The van der Waals surface area contributed by atoms with Crippen molar-refractivity contribution in [1.29, 1.82) is 0 Å². The van der Waals surface area contributed by atoms with Crippen molar-refractivity contribution in [3.63, 3.8) is 0 Å². The first-order valence-corrected chi connectivity index (χ1v) is 7.17. The molecular weight excluding hydrogens is 222 g/mol. The molecule has 0 amide bonds. The van der Waals surface area contributed by atoms with E-state index in [1.165, 1.54) is 24.8 Å². The van der Waals surface area contributed by atoms with Crippen molar-refractivity contribution in [3.05, 3.63) is 29.8 Å². The van der Waals surface area contributed by atoms with E-state index >= 15 is 0 Å². The van der Waals surface area contributed by atoms with Gasteiger partial charge < -0.3 is 10.1 Å². The van der Waals surface area contributed by atoms with Crippen LogP contribution in [0.25, 0.3) is 0 Å². The predicted molar refractivity (Wildman–Crippen MR) is 78.1 cm³/mol. The van der Waals surface area contributed by atoms with Crippen LogP contribution in [0.1, 0.15) is 58.6 Å². The second-order valence-corrected chi connectivity index (χ2v) is 5.03. The van der Waals surface area contributed by atoms with Gasteiger partial charge in [0, 0.05) is 6.04 Å². The quantitative estimate of drug-likeness (QED) is 0.741. The van der Waals surface area contributed by atoms with Crippen LogP contribution in [0.3, 0.4) is 0 Å². The Morgan fingerprint density at radius 3 is 2.56 bits per heavy atom. The highest BCUT2D eigenvalue weighted by Crippen LogP contribution is 2.23. The van der Waals surface area contributed by atoms with E-state index in [-0.39, 0.29) is 6.10 Å². The van der Waals surface area contributed by atoms with Crippen LogP contribution in [0.5, 0.6) is 5.75 Å². The third kappa shape index (κ3) is 5.09. The second-order valence-electron chi connectivity index (χ2n) is 5.03. The fraction of sp³-hybridized carbons (Fsp3) is 0.625. The lowest BCUT2D eigenvalue weighted by molar-refractivity contribution is 0.242. The summed E-state index contributed by atoms with van der Waals surface area (Å²) in [7, 11) is 0. The van der Waals surface area contributed by atoms with Gasteiger partial charge in [-0.3, -0.25) is 0 Å². The molecule has 1 aromatic rings. The lowest BCUT2D eigenvalue weighted by atomic mass is 10.0. The van der Waals surface area contributed by atoms with E-state index in [1.807, 2.05) is 6.07 Å². The van der Waals surface area contributed by atoms with Gasteiger partial charge in [-0.2, -0.15) is 0 Å². The van der Waals surface area contributed by atoms with Crippen LogP contribution in [0.2, 0.25) is 0 Å². The minimum Gasteiger partial charge on any atom is -0.491 e. The summed E-state index contributed by atoms with van der Waals surface area (Å²) < 4.78 is 5.76. The molecule has 0 bridgehead atoms. The Morgan fingerprint density at radius 2 is 1.94 bits per heavy atom. The Kier molecular flexibility index (Phi) is 6.81. The average molecular weight is 249 g/mol. The topological polar surface area (TPSA) is 21.3 Å². The van der Waals surface area contributed by atoms with Gasteiger partial charge in [-0.05, 0) is 50.9 Å². The van der Waals surface area contributed by atoms with E-state index in [0.29, 0.717) is 6.04 Å². The lowest BCUT2D eigenvalue weighted by Crippen LogP contribution is -2.22. The second kappa shape index (κ2) is 8.15. The van der Waals surface area contributed by atoms with E-state index in [4.69, 9.17) is 4.74 Å². The molecule has 0 heterocycles. The lowest BCUT2D eigenvalue weighted by Gasteiger charge is -2.19. The molecule has 0 spiro atoms. The standard InChI is InChI=1S/C16H27NO/c1-5-8-16(17-11-6-2)14-9-7-10-15(12-14)18-13(3)4/h7,9-10,12-13,16-17H,5-6,8,11H2,1-4H3. The smallest absolute Gasteiger partial charge is 0.120 e. The number of nitrogens with one attached hydrogen (secondary N) is 1. The first-order valence-electron chi connectivity index (χ1n) is 7.17. The van der Waals surface area contributed by atoms with Gasteiger partial charge in [0.15, 0.2) is 0 Å². The first-order chi connectivity index (χ1) is 8.67. The van der Waals surface area contributed by atoms with Crippen molar-refractivity contribution in [1.82, 2.24) is 5.32 Å². The van der Waals surface area contributed by atoms with Gasteiger partial charge in [0.05, 0.1) is 6.10 Å². The molecular formula is C16H27NO. The van der Waals surface area contributed by atoms with E-state index in [2.05, 4.69) is 51.2 Å². The predicted octanol–water partition coefficient (Wildman–Crippen LogP) is 4.31. The molecule has 102 valence electrons. The van der Waals surface area contributed by atoms with Crippen LogP contribution in [-0.4, -0.2) is 12.6 Å². The molecule has 0 saturated heterocycles. The summed E-state index contributed by atoms with van der Waals surface area (Å²) in [6.45, 7) is 9.63. The molecule has 0 radical (unpaired) electrons. The van der Waals surface area contributed by atoms with Gasteiger partial charge >= 0.3 is 0 Å². The summed E-state index contributed by atoms with van der Waals surface area (Å²) in [5.74, 6) is 0.974. The Bertz CT molecular complexity index is 336. The number of rotatable bonds is 8. The normalized spacial score (nSPS) is 12.7. The monoisotopic (exact) mass is 249 g/mol. The Morgan fingerprint density at radius 1 is 1.17 bits per heavy atom. The average Bonchev–Trinajstić information content (AvgIpc) is 2.34. The molecule has 2 nitrogen and oxygen atoms in total. The molecule has 0 aliphatic carbocycles. The highest BCUT2D eigenvalue weighted by Gasteiger charge is 2.10. The fourth-order valence-electron chi connectivity index (χ4n) is 2.07. The molecule has 0 aromatic heterocycles. The van der Waals surface area contributed by atoms with Crippen molar-refractivity contribution in [2.45, 2.75) is 59.1 Å². The number of hydrogen-bond donors (Lipinski definition) is 1. The largest absolute Gasteiger partial charge is 0.491 e. The van der Waals surface area contributed by atoms with Gasteiger partial charge in [0.25, 0.3) is 0 Å². The summed E-state index contributed by atoms with van der Waals surface area (Å²) in [6.07, 6.45) is 3.76. The van der Waals surface area contributed by atoms with Crippen LogP contribution >= 0.6 is 0 Å². The molecule has 1 rings (SSSR count). The van der Waals surface area contributed by atoms with Crippen LogP contribution in [-0.2, 0) is 0 Å². The maximum atomic E-state index is 5.76. The van der Waals surface area contributed by atoms with Crippen molar-refractivity contribution in [3.8, 4) is 5.75 Å². The molecule has 1 atom stereocenters. The van der Waals surface area contributed by atoms with Crippen LogP contribution < -0.4 is 10.1 Å². The molecule has 18 heavy (non-hydrogen) atoms. The summed E-state index contributed by atoms with van der Waals surface area (Å²) >= 11 is 0. The fourth-order valence-corrected chi connectivity index (χ4v) is 2.07. The molecule has 1 N–H and O–H groups in total. The van der Waals surface area contributed by atoms with Crippen molar-refractivity contribution >= 4 is 0 Å². The highest BCUT2D eigenvalue weighted by atomic mass is 16.5. The summed E-state index contributed by atoms with van der Waals surface area (Å²) in [5, 5.41) is 3.61. The third-order valence-electron chi connectivity index (χ3n) is 2.85. The molecule has 1 unspecified atom stereocenters. The zero-order chi connectivity index (χ0) is 13.4. The van der Waals surface area contributed by atoms with Crippen molar-refractivity contribution in [2.24, 2.45) is 0 Å². The summed E-state index contributed by atoms with van der Waals surface area (Å²) in [4.78, 5) is 0. The molecule has 0 fully saturated rings.